The molecule has 0 bridgehead atoms. The van der Waals surface area contributed by atoms with Crippen molar-refractivity contribution in [3.05, 3.63) is 175 Å². The van der Waals surface area contributed by atoms with Gasteiger partial charge in [0.15, 0.2) is 0 Å². The molecule has 1 aliphatic rings. The molecule has 1 aliphatic heterocycles. The third kappa shape index (κ3) is 9.51. The Morgan fingerprint density at radius 2 is 1.12 bits per heavy atom. The molecule has 2 unspecified atom stereocenters. The first kappa shape index (κ1) is 34.2. The van der Waals surface area contributed by atoms with Gasteiger partial charge in [-0.1, -0.05) is 72.8 Å². The van der Waals surface area contributed by atoms with Crippen molar-refractivity contribution in [2.24, 2.45) is 0 Å². The van der Waals surface area contributed by atoms with E-state index < -0.39 is 0 Å². The van der Waals surface area contributed by atoms with E-state index in [1.54, 1.807) is 24.3 Å². The van der Waals surface area contributed by atoms with Crippen molar-refractivity contribution >= 4 is 10.8 Å². The summed E-state index contributed by atoms with van der Waals surface area (Å²) in [6, 6.07) is 48.5. The van der Waals surface area contributed by atoms with Crippen molar-refractivity contribution in [1.82, 2.24) is 15.3 Å². The van der Waals surface area contributed by atoms with E-state index in [0.717, 1.165) is 42.3 Å². The molecular weight excluding hydrogens is 650 g/mol. The lowest BCUT2D eigenvalue weighted by molar-refractivity contribution is 0.0105. The van der Waals surface area contributed by atoms with Crippen LogP contribution in [0.25, 0.3) is 10.8 Å². The number of phenolic OH excluding ortho intramolecular Hbond substituents is 1. The average molecular weight is 690 g/mol. The Hall–Kier alpha value is -6.22. The minimum Gasteiger partial charge on any atom is -0.508 e. The number of hydrogen-bond acceptors (Lipinski definition) is 8. The third-order valence-corrected chi connectivity index (χ3v) is 8.61. The van der Waals surface area contributed by atoms with Crippen LogP contribution in [0, 0.1) is 0 Å². The van der Waals surface area contributed by atoms with E-state index in [1.807, 2.05) is 97.3 Å². The first-order chi connectivity index (χ1) is 25.6. The molecule has 8 nitrogen and oxygen atoms in total. The van der Waals surface area contributed by atoms with Crippen LogP contribution < -0.4 is 19.5 Å². The number of aromatic hydroxyl groups is 1. The van der Waals surface area contributed by atoms with Crippen LogP contribution in [0.4, 0.5) is 0 Å². The Labute approximate surface area is 303 Å². The normalized spacial score (nSPS) is 15.2. The van der Waals surface area contributed by atoms with Gasteiger partial charge < -0.3 is 29.4 Å². The first-order valence-corrected chi connectivity index (χ1v) is 17.3. The Balaban J connectivity index is 0.000000251. The van der Waals surface area contributed by atoms with E-state index in [1.165, 1.54) is 16.3 Å². The highest BCUT2D eigenvalue weighted by atomic mass is 16.5. The third-order valence-electron chi connectivity index (χ3n) is 8.61. The van der Waals surface area contributed by atoms with Gasteiger partial charge in [0, 0.05) is 24.9 Å². The van der Waals surface area contributed by atoms with Gasteiger partial charge in [-0.25, -0.2) is 9.97 Å². The second-order valence-corrected chi connectivity index (χ2v) is 12.3. The van der Waals surface area contributed by atoms with Gasteiger partial charge in [-0.05, 0) is 114 Å². The topological polar surface area (TPSA) is 95.0 Å². The van der Waals surface area contributed by atoms with Crippen LogP contribution in [0.5, 0.6) is 40.5 Å². The summed E-state index contributed by atoms with van der Waals surface area (Å²) in [6.45, 7) is 2.31. The number of ether oxygens (including phenoxy) is 4. The molecule has 2 N–H and O–H groups in total. The molecule has 52 heavy (non-hydrogen) atoms. The number of nitrogens with zero attached hydrogens (tertiary/aromatic N) is 2. The molecule has 8 rings (SSSR count). The number of aromatic nitrogens is 2. The molecule has 7 aromatic rings. The summed E-state index contributed by atoms with van der Waals surface area (Å²) in [5, 5.41) is 15.0. The summed E-state index contributed by atoms with van der Waals surface area (Å²) in [5.41, 5.74) is 2.24. The van der Waals surface area contributed by atoms with Gasteiger partial charge in [-0.2, -0.15) is 0 Å². The fourth-order valence-electron chi connectivity index (χ4n) is 5.93. The lowest BCUT2D eigenvalue weighted by atomic mass is 9.89. The molecule has 1 fully saturated rings. The minimum absolute atomic E-state index is 0.0442. The number of hydrogen-bond donors (Lipinski definition) is 2. The number of piperidine rings is 1. The van der Waals surface area contributed by atoms with Crippen LogP contribution in [0.3, 0.4) is 0 Å². The molecule has 0 saturated carbocycles. The van der Waals surface area contributed by atoms with E-state index in [-0.39, 0.29) is 17.8 Å². The second kappa shape index (κ2) is 17.1. The Kier molecular flexibility index (Phi) is 11.3. The van der Waals surface area contributed by atoms with Crippen LogP contribution in [0.15, 0.2) is 164 Å². The highest BCUT2D eigenvalue weighted by Crippen LogP contribution is 2.30. The van der Waals surface area contributed by atoms with Crippen molar-refractivity contribution in [2.45, 2.75) is 25.0 Å². The van der Waals surface area contributed by atoms with Crippen LogP contribution in [0.2, 0.25) is 0 Å². The standard InChI is InChI=1S/C32H29N3O3.C12H10O2/c1-2-8-27(9-3-1)37-28-12-14-29(15-13-28)38-32-34-19-26(20-35-32)30-16-17-33-21-31(30)36-22-23-10-11-24-6-4-5-7-25(24)18-23;13-10-6-8-12(9-7-10)14-11-4-2-1-3-5-11/h1-15,18-20,30-31,33H,16-17,21-22H2;1-9,13H. The summed E-state index contributed by atoms with van der Waals surface area (Å²) in [5.74, 6) is 4.15. The summed E-state index contributed by atoms with van der Waals surface area (Å²) in [6.07, 6.45) is 4.73. The highest BCUT2D eigenvalue weighted by Gasteiger charge is 2.28. The van der Waals surface area contributed by atoms with E-state index in [4.69, 9.17) is 24.1 Å². The number of fused-ring (bicyclic) bond motifs is 1. The zero-order valence-electron chi connectivity index (χ0n) is 28.5. The average Bonchev–Trinajstić information content (AvgIpc) is 3.20. The van der Waals surface area contributed by atoms with Gasteiger partial charge in [-0.3, -0.25) is 0 Å². The molecule has 2 heterocycles. The smallest absolute Gasteiger partial charge is 0.321 e. The molecule has 6 aromatic carbocycles. The first-order valence-electron chi connectivity index (χ1n) is 17.3. The SMILES string of the molecule is Oc1ccc(Oc2ccccc2)cc1.c1ccc(Oc2ccc(Oc3ncc(C4CCNCC4OCc4ccc5ccccc5c4)cn3)cc2)cc1. The van der Waals surface area contributed by atoms with E-state index >= 15 is 0 Å². The summed E-state index contributed by atoms with van der Waals surface area (Å²) in [4.78, 5) is 8.97. The molecule has 260 valence electrons. The predicted molar refractivity (Wildman–Crippen MR) is 202 cm³/mol. The number of phenols is 1. The maximum absolute atomic E-state index is 9.07. The molecular formula is C44H39N3O5. The monoisotopic (exact) mass is 689 g/mol. The number of rotatable bonds is 10. The molecule has 0 amide bonds. The fourth-order valence-corrected chi connectivity index (χ4v) is 5.93. The predicted octanol–water partition coefficient (Wildman–Crippen LogP) is 10.1. The lowest BCUT2D eigenvalue weighted by Gasteiger charge is -2.32. The molecule has 0 spiro atoms. The van der Waals surface area contributed by atoms with E-state index in [9.17, 15) is 0 Å². The molecule has 0 aliphatic carbocycles. The van der Waals surface area contributed by atoms with Gasteiger partial charge in [0.2, 0.25) is 0 Å². The molecule has 2 atom stereocenters. The van der Waals surface area contributed by atoms with E-state index in [0.29, 0.717) is 24.1 Å². The second-order valence-electron chi connectivity index (χ2n) is 12.3. The van der Waals surface area contributed by atoms with Gasteiger partial charge in [0.05, 0.1) is 12.7 Å². The molecule has 1 saturated heterocycles. The summed E-state index contributed by atoms with van der Waals surface area (Å²) >= 11 is 0. The summed E-state index contributed by atoms with van der Waals surface area (Å²) < 4.78 is 23.6. The van der Waals surface area contributed by atoms with Crippen molar-refractivity contribution in [2.75, 3.05) is 13.1 Å². The van der Waals surface area contributed by atoms with Crippen molar-refractivity contribution in [1.29, 1.82) is 0 Å². The quantitative estimate of drug-likeness (QED) is 0.147. The van der Waals surface area contributed by atoms with Gasteiger partial charge in [0.1, 0.15) is 34.5 Å². The van der Waals surface area contributed by atoms with Crippen molar-refractivity contribution < 1.29 is 24.1 Å². The van der Waals surface area contributed by atoms with Gasteiger partial charge in [-0.15, -0.1) is 0 Å². The molecule has 0 radical (unpaired) electrons. The Morgan fingerprint density at radius 3 is 1.75 bits per heavy atom. The number of nitrogens with one attached hydrogen (secondary N) is 1. The minimum atomic E-state index is 0.0442. The van der Waals surface area contributed by atoms with Gasteiger partial charge >= 0.3 is 6.01 Å². The maximum Gasteiger partial charge on any atom is 0.321 e. The van der Waals surface area contributed by atoms with Gasteiger partial charge in [0.25, 0.3) is 0 Å². The Morgan fingerprint density at radius 1 is 0.577 bits per heavy atom. The van der Waals surface area contributed by atoms with E-state index in [2.05, 4.69) is 57.7 Å². The maximum atomic E-state index is 9.07. The highest BCUT2D eigenvalue weighted by molar-refractivity contribution is 5.82. The van der Waals surface area contributed by atoms with Crippen LogP contribution in [-0.4, -0.2) is 34.3 Å². The van der Waals surface area contributed by atoms with Crippen molar-refractivity contribution in [3.8, 4) is 40.5 Å². The molecule has 8 heteroatoms. The van der Waals surface area contributed by atoms with Crippen LogP contribution in [-0.2, 0) is 11.3 Å². The van der Waals surface area contributed by atoms with Crippen molar-refractivity contribution in [3.63, 3.8) is 0 Å². The molecule has 1 aromatic heterocycles. The van der Waals surface area contributed by atoms with Crippen LogP contribution >= 0.6 is 0 Å². The number of benzene rings is 6. The lowest BCUT2D eigenvalue weighted by Crippen LogP contribution is -2.41. The largest absolute Gasteiger partial charge is 0.508 e. The fraction of sp³-hybridized carbons (Fsp3) is 0.136. The summed E-state index contributed by atoms with van der Waals surface area (Å²) in [7, 11) is 0. The van der Waals surface area contributed by atoms with Crippen LogP contribution in [0.1, 0.15) is 23.5 Å². The zero-order chi connectivity index (χ0) is 35.4. The number of para-hydroxylation sites is 2. The Bertz CT molecular complexity index is 2130. The zero-order valence-corrected chi connectivity index (χ0v) is 28.5.